The topological polar surface area (TPSA) is 72.9 Å². The van der Waals surface area contributed by atoms with Crippen molar-refractivity contribution in [2.24, 2.45) is 5.92 Å². The molecule has 0 bridgehead atoms. The van der Waals surface area contributed by atoms with Crippen LogP contribution in [0.4, 0.5) is 0 Å². The first-order valence-electron chi connectivity index (χ1n) is 7.75. The molecule has 0 unspecified atom stereocenters. The first-order chi connectivity index (χ1) is 10.9. The average molecular weight is 357 g/mol. The van der Waals surface area contributed by atoms with Crippen LogP contribution < -0.4 is 4.74 Å². The number of nitrogens with zero attached hydrogens (tertiary/aromatic N) is 1. The van der Waals surface area contributed by atoms with Gasteiger partial charge in [0.1, 0.15) is 17.4 Å². The second-order valence-electron chi connectivity index (χ2n) is 6.92. The van der Waals surface area contributed by atoms with Crippen molar-refractivity contribution in [1.29, 1.82) is 0 Å². The summed E-state index contributed by atoms with van der Waals surface area (Å²) in [6.07, 6.45) is 0. The Kier molecular flexibility index (Phi) is 6.41. The standard InChI is InChI=1S/C17H27NO5S/c1-12(2)15(16(19)23-17(3,4)5)18(6)24(20,21)14-10-8-13(22-7)9-11-14/h8-12,15H,1-7H3/t15-/m1/s1. The van der Waals surface area contributed by atoms with Crippen molar-refractivity contribution in [1.82, 2.24) is 4.31 Å². The minimum atomic E-state index is -3.83. The molecule has 1 rings (SSSR count). The summed E-state index contributed by atoms with van der Waals surface area (Å²) >= 11 is 0. The van der Waals surface area contributed by atoms with Gasteiger partial charge >= 0.3 is 5.97 Å². The molecule has 0 fully saturated rings. The molecular weight excluding hydrogens is 330 g/mol. The van der Waals surface area contributed by atoms with Crippen LogP contribution in [-0.2, 0) is 19.6 Å². The van der Waals surface area contributed by atoms with Crippen molar-refractivity contribution in [3.63, 3.8) is 0 Å². The summed E-state index contributed by atoms with van der Waals surface area (Å²) in [4.78, 5) is 12.6. The fourth-order valence-electron chi connectivity index (χ4n) is 2.27. The summed E-state index contributed by atoms with van der Waals surface area (Å²) in [5.74, 6) is -0.237. The third kappa shape index (κ3) is 4.95. The van der Waals surface area contributed by atoms with Crippen molar-refractivity contribution in [3.05, 3.63) is 24.3 Å². The molecule has 0 aromatic heterocycles. The van der Waals surface area contributed by atoms with Crippen molar-refractivity contribution in [3.8, 4) is 5.75 Å². The second-order valence-corrected chi connectivity index (χ2v) is 8.92. The van der Waals surface area contributed by atoms with E-state index >= 15 is 0 Å². The number of hydrogen-bond acceptors (Lipinski definition) is 5. The lowest BCUT2D eigenvalue weighted by Gasteiger charge is -2.31. The Hall–Kier alpha value is -1.60. The summed E-state index contributed by atoms with van der Waals surface area (Å²) < 4.78 is 37.2. The molecule has 7 heteroatoms. The number of esters is 1. The third-order valence-electron chi connectivity index (χ3n) is 3.41. The smallest absolute Gasteiger partial charge is 0.325 e. The Balaban J connectivity index is 3.16. The molecule has 24 heavy (non-hydrogen) atoms. The molecule has 0 heterocycles. The van der Waals surface area contributed by atoms with Crippen LogP contribution >= 0.6 is 0 Å². The summed E-state index contributed by atoms with van der Waals surface area (Å²) in [7, 11) is -0.928. The predicted octanol–water partition coefficient (Wildman–Crippen LogP) is 2.68. The summed E-state index contributed by atoms with van der Waals surface area (Å²) in [5.41, 5.74) is -0.686. The quantitative estimate of drug-likeness (QED) is 0.732. The van der Waals surface area contributed by atoms with Crippen molar-refractivity contribution < 1.29 is 22.7 Å². The molecule has 0 radical (unpaired) electrons. The van der Waals surface area contributed by atoms with Crippen LogP contribution in [0.5, 0.6) is 5.75 Å². The highest BCUT2D eigenvalue weighted by atomic mass is 32.2. The molecule has 136 valence electrons. The SMILES string of the molecule is COc1ccc(S(=O)(=O)N(C)[C@@H](C(=O)OC(C)(C)C)C(C)C)cc1. The van der Waals surface area contributed by atoms with Crippen molar-refractivity contribution in [2.75, 3.05) is 14.2 Å². The van der Waals surface area contributed by atoms with Gasteiger partial charge < -0.3 is 9.47 Å². The number of hydrogen-bond donors (Lipinski definition) is 0. The number of likely N-dealkylation sites (N-methyl/N-ethyl adjacent to an activating group) is 1. The van der Waals surface area contributed by atoms with Crippen LogP contribution in [0, 0.1) is 5.92 Å². The van der Waals surface area contributed by atoms with E-state index in [2.05, 4.69) is 0 Å². The first-order valence-corrected chi connectivity index (χ1v) is 9.19. The minimum absolute atomic E-state index is 0.0972. The fourth-order valence-corrected chi connectivity index (χ4v) is 3.71. The Morgan fingerprint density at radius 2 is 1.62 bits per heavy atom. The van der Waals surface area contributed by atoms with Crippen LogP contribution in [0.2, 0.25) is 0 Å². The molecule has 0 N–H and O–H groups in total. The molecule has 0 spiro atoms. The summed E-state index contributed by atoms with van der Waals surface area (Å²) in [6.45, 7) is 8.82. The average Bonchev–Trinajstić information content (AvgIpc) is 2.45. The van der Waals surface area contributed by atoms with Crippen LogP contribution in [-0.4, -0.2) is 44.5 Å². The van der Waals surface area contributed by atoms with Gasteiger partial charge in [-0.1, -0.05) is 13.8 Å². The molecule has 1 atom stereocenters. The molecule has 6 nitrogen and oxygen atoms in total. The molecule has 1 aromatic rings. The Labute approximate surface area is 144 Å². The Bertz CT molecular complexity index is 659. The normalized spacial score (nSPS) is 13.9. The third-order valence-corrected chi connectivity index (χ3v) is 5.26. The maximum absolute atomic E-state index is 12.8. The van der Waals surface area contributed by atoms with E-state index in [-0.39, 0.29) is 10.8 Å². The molecule has 1 aromatic carbocycles. The van der Waals surface area contributed by atoms with Gasteiger partial charge in [0.25, 0.3) is 0 Å². The Morgan fingerprint density at radius 3 is 2.00 bits per heavy atom. The lowest BCUT2D eigenvalue weighted by Crippen LogP contribution is -2.48. The van der Waals surface area contributed by atoms with E-state index in [0.717, 1.165) is 4.31 Å². The van der Waals surface area contributed by atoms with Gasteiger partial charge in [-0.25, -0.2) is 8.42 Å². The highest BCUT2D eigenvalue weighted by Crippen LogP contribution is 2.24. The number of ether oxygens (including phenoxy) is 2. The molecule has 0 saturated carbocycles. The second kappa shape index (κ2) is 7.53. The van der Waals surface area contributed by atoms with Gasteiger partial charge in [-0.3, -0.25) is 4.79 Å². The number of benzene rings is 1. The monoisotopic (exact) mass is 357 g/mol. The molecule has 0 amide bonds. The predicted molar refractivity (Wildman–Crippen MR) is 92.4 cm³/mol. The molecule has 0 aliphatic carbocycles. The van der Waals surface area contributed by atoms with E-state index in [1.807, 2.05) is 0 Å². The van der Waals surface area contributed by atoms with E-state index in [4.69, 9.17) is 9.47 Å². The lowest BCUT2D eigenvalue weighted by atomic mass is 10.0. The van der Waals surface area contributed by atoms with Gasteiger partial charge in [0.05, 0.1) is 12.0 Å². The summed E-state index contributed by atoms with van der Waals surface area (Å²) in [5, 5.41) is 0. The molecule has 0 saturated heterocycles. The maximum atomic E-state index is 12.8. The van der Waals surface area contributed by atoms with Gasteiger partial charge in [0.2, 0.25) is 10.0 Å². The zero-order valence-electron chi connectivity index (χ0n) is 15.4. The Morgan fingerprint density at radius 1 is 1.12 bits per heavy atom. The minimum Gasteiger partial charge on any atom is -0.497 e. The van der Waals surface area contributed by atoms with Gasteiger partial charge in [-0.2, -0.15) is 4.31 Å². The van der Waals surface area contributed by atoms with Crippen LogP contribution in [0.3, 0.4) is 0 Å². The highest BCUT2D eigenvalue weighted by molar-refractivity contribution is 7.89. The number of sulfonamides is 1. The zero-order valence-corrected chi connectivity index (χ0v) is 16.2. The van der Waals surface area contributed by atoms with E-state index in [1.165, 1.54) is 26.3 Å². The molecule has 0 aliphatic heterocycles. The van der Waals surface area contributed by atoms with E-state index in [0.29, 0.717) is 5.75 Å². The van der Waals surface area contributed by atoms with Gasteiger partial charge in [-0.05, 0) is 51.0 Å². The number of carbonyl (C=O) groups is 1. The number of methoxy groups -OCH3 is 1. The number of carbonyl (C=O) groups excluding carboxylic acids is 1. The van der Waals surface area contributed by atoms with Gasteiger partial charge in [-0.15, -0.1) is 0 Å². The first kappa shape index (κ1) is 20.4. The van der Waals surface area contributed by atoms with Crippen LogP contribution in [0.25, 0.3) is 0 Å². The zero-order chi connectivity index (χ0) is 18.7. The van der Waals surface area contributed by atoms with Crippen LogP contribution in [0.1, 0.15) is 34.6 Å². The number of rotatable bonds is 6. The van der Waals surface area contributed by atoms with Crippen molar-refractivity contribution >= 4 is 16.0 Å². The van der Waals surface area contributed by atoms with E-state index in [9.17, 15) is 13.2 Å². The summed E-state index contributed by atoms with van der Waals surface area (Å²) in [6, 6.07) is 5.14. The van der Waals surface area contributed by atoms with Gasteiger partial charge in [0.15, 0.2) is 0 Å². The molecular formula is C17H27NO5S. The van der Waals surface area contributed by atoms with E-state index < -0.39 is 27.6 Å². The van der Waals surface area contributed by atoms with E-state index in [1.54, 1.807) is 46.8 Å². The van der Waals surface area contributed by atoms with Crippen molar-refractivity contribution in [2.45, 2.75) is 51.2 Å². The maximum Gasteiger partial charge on any atom is 0.325 e. The molecule has 0 aliphatic rings. The van der Waals surface area contributed by atoms with Gasteiger partial charge in [0, 0.05) is 7.05 Å². The van der Waals surface area contributed by atoms with Crippen LogP contribution in [0.15, 0.2) is 29.2 Å². The largest absolute Gasteiger partial charge is 0.497 e. The highest BCUT2D eigenvalue weighted by Gasteiger charge is 2.37. The lowest BCUT2D eigenvalue weighted by molar-refractivity contribution is -0.160. The fraction of sp³-hybridized carbons (Fsp3) is 0.588.